The Morgan fingerprint density at radius 3 is 2.53 bits per heavy atom. The second-order valence-electron chi connectivity index (χ2n) is 3.26. The zero-order valence-corrected chi connectivity index (χ0v) is 8.57. The molecule has 78 valence electrons. The zero-order valence-electron chi connectivity index (χ0n) is 8.57. The lowest BCUT2D eigenvalue weighted by atomic mass is 10.1. The van der Waals surface area contributed by atoms with Crippen LogP contribution in [0.2, 0.25) is 0 Å². The van der Waals surface area contributed by atoms with Gasteiger partial charge in [-0.2, -0.15) is 5.21 Å². The van der Waals surface area contributed by atoms with Gasteiger partial charge in [0.15, 0.2) is 0 Å². The van der Waals surface area contributed by atoms with Crippen LogP contribution in [0.15, 0.2) is 24.3 Å². The van der Waals surface area contributed by atoms with E-state index in [1.807, 2.05) is 0 Å². The van der Waals surface area contributed by atoms with Gasteiger partial charge < -0.3 is 5.32 Å². The average Bonchev–Trinajstić information content (AvgIpc) is 2.80. The van der Waals surface area contributed by atoms with Gasteiger partial charge in [0, 0.05) is 6.54 Å². The molecule has 0 atom stereocenters. The van der Waals surface area contributed by atoms with Crippen molar-refractivity contribution in [3.05, 3.63) is 35.4 Å². The number of nitrogens with zero attached hydrogens (tertiary/aromatic N) is 3. The van der Waals surface area contributed by atoms with Gasteiger partial charge in [0.2, 0.25) is 0 Å². The van der Waals surface area contributed by atoms with Gasteiger partial charge in [0.05, 0.1) is 0 Å². The Morgan fingerprint density at radius 2 is 1.93 bits per heavy atom. The molecule has 0 spiro atoms. The van der Waals surface area contributed by atoms with Crippen molar-refractivity contribution in [2.45, 2.75) is 19.9 Å². The molecule has 2 N–H and O–H groups in total. The topological polar surface area (TPSA) is 66.5 Å². The molecule has 5 heteroatoms. The summed E-state index contributed by atoms with van der Waals surface area (Å²) in [6.07, 6.45) is 1.07. The zero-order chi connectivity index (χ0) is 10.5. The third-order valence-corrected chi connectivity index (χ3v) is 2.23. The van der Waals surface area contributed by atoms with Crippen molar-refractivity contribution >= 4 is 5.95 Å². The highest BCUT2D eigenvalue weighted by Crippen LogP contribution is 2.06. The van der Waals surface area contributed by atoms with E-state index in [1.165, 1.54) is 11.1 Å². The number of aromatic amines is 1. The van der Waals surface area contributed by atoms with E-state index in [0.29, 0.717) is 12.5 Å². The van der Waals surface area contributed by atoms with E-state index in [0.717, 1.165) is 6.42 Å². The molecule has 2 rings (SSSR count). The lowest BCUT2D eigenvalue weighted by molar-refractivity contribution is 0.881. The van der Waals surface area contributed by atoms with Gasteiger partial charge in [-0.1, -0.05) is 36.3 Å². The Balaban J connectivity index is 1.93. The molecule has 0 amide bonds. The summed E-state index contributed by atoms with van der Waals surface area (Å²) in [6.45, 7) is 2.86. The molecule has 0 fully saturated rings. The molecule has 0 unspecified atom stereocenters. The van der Waals surface area contributed by atoms with Crippen LogP contribution >= 0.6 is 0 Å². The quantitative estimate of drug-likeness (QED) is 0.787. The second-order valence-corrected chi connectivity index (χ2v) is 3.26. The minimum absolute atomic E-state index is 0.523. The van der Waals surface area contributed by atoms with E-state index in [1.54, 1.807) is 0 Å². The van der Waals surface area contributed by atoms with Crippen LogP contribution in [0.5, 0.6) is 0 Å². The predicted molar refractivity (Wildman–Crippen MR) is 57.3 cm³/mol. The van der Waals surface area contributed by atoms with Crippen LogP contribution in [-0.2, 0) is 13.0 Å². The van der Waals surface area contributed by atoms with E-state index >= 15 is 0 Å². The fourth-order valence-corrected chi connectivity index (χ4v) is 1.31. The number of aromatic nitrogens is 4. The molecular weight excluding hydrogens is 190 g/mol. The van der Waals surface area contributed by atoms with E-state index in [4.69, 9.17) is 0 Å². The molecule has 1 heterocycles. The first-order valence-electron chi connectivity index (χ1n) is 4.93. The first-order chi connectivity index (χ1) is 7.38. The maximum atomic E-state index is 3.81. The van der Waals surface area contributed by atoms with E-state index in [-0.39, 0.29) is 0 Å². The number of anilines is 1. The molecule has 0 aliphatic carbocycles. The Morgan fingerprint density at radius 1 is 1.20 bits per heavy atom. The number of aryl methyl sites for hydroxylation is 1. The highest BCUT2D eigenvalue weighted by Gasteiger charge is 1.97. The Hall–Kier alpha value is -1.91. The molecule has 1 aromatic carbocycles. The largest absolute Gasteiger partial charge is 0.348 e. The van der Waals surface area contributed by atoms with Gasteiger partial charge in [0.25, 0.3) is 5.95 Å². The molecule has 2 aromatic rings. The van der Waals surface area contributed by atoms with Crippen LogP contribution in [0, 0.1) is 0 Å². The third kappa shape index (κ3) is 2.52. The summed E-state index contributed by atoms with van der Waals surface area (Å²) in [4.78, 5) is 0. The first-order valence-corrected chi connectivity index (χ1v) is 4.93. The second kappa shape index (κ2) is 4.54. The molecular formula is C10H13N5. The summed E-state index contributed by atoms with van der Waals surface area (Å²) in [6, 6.07) is 8.47. The normalized spacial score (nSPS) is 10.2. The van der Waals surface area contributed by atoms with Crippen LogP contribution in [0.25, 0.3) is 0 Å². The van der Waals surface area contributed by atoms with Crippen molar-refractivity contribution in [2.24, 2.45) is 0 Å². The van der Waals surface area contributed by atoms with Gasteiger partial charge in [0.1, 0.15) is 0 Å². The van der Waals surface area contributed by atoms with Gasteiger partial charge in [-0.25, -0.2) is 0 Å². The van der Waals surface area contributed by atoms with Gasteiger partial charge in [-0.3, -0.25) is 0 Å². The lowest BCUT2D eigenvalue weighted by Crippen LogP contribution is -2.01. The highest BCUT2D eigenvalue weighted by atomic mass is 15.5. The number of H-pyrrole nitrogens is 1. The van der Waals surface area contributed by atoms with Gasteiger partial charge >= 0.3 is 0 Å². The monoisotopic (exact) mass is 203 g/mol. The summed E-state index contributed by atoms with van der Waals surface area (Å²) in [5.41, 5.74) is 2.55. The highest BCUT2D eigenvalue weighted by molar-refractivity contribution is 5.27. The van der Waals surface area contributed by atoms with E-state index in [2.05, 4.69) is 57.1 Å². The Labute approximate surface area is 87.9 Å². The molecule has 0 aliphatic rings. The summed E-state index contributed by atoms with van der Waals surface area (Å²) >= 11 is 0. The fourth-order valence-electron chi connectivity index (χ4n) is 1.31. The Bertz CT molecular complexity index is 392. The van der Waals surface area contributed by atoms with Crippen molar-refractivity contribution < 1.29 is 0 Å². The fraction of sp³-hybridized carbons (Fsp3) is 0.300. The van der Waals surface area contributed by atoms with E-state index < -0.39 is 0 Å². The first kappa shape index (κ1) is 9.64. The van der Waals surface area contributed by atoms with Crippen molar-refractivity contribution in [3.63, 3.8) is 0 Å². The minimum Gasteiger partial charge on any atom is -0.348 e. The number of benzene rings is 1. The van der Waals surface area contributed by atoms with Crippen molar-refractivity contribution in [2.75, 3.05) is 5.32 Å². The molecule has 0 bridgehead atoms. The van der Waals surface area contributed by atoms with Crippen LogP contribution in [0.1, 0.15) is 18.1 Å². The summed E-state index contributed by atoms with van der Waals surface area (Å²) < 4.78 is 0. The van der Waals surface area contributed by atoms with Crippen molar-refractivity contribution in [1.29, 1.82) is 0 Å². The maximum absolute atomic E-state index is 3.81. The molecule has 0 aliphatic heterocycles. The standard InChI is InChI=1S/C10H13N5/c1-2-8-3-5-9(6-4-8)7-11-10-12-14-15-13-10/h3-6H,2,7H2,1H3,(H2,11,12,13,14,15). The SMILES string of the molecule is CCc1ccc(CNc2nn[nH]n2)cc1. The molecule has 15 heavy (non-hydrogen) atoms. The lowest BCUT2D eigenvalue weighted by Gasteiger charge is -2.02. The maximum Gasteiger partial charge on any atom is 0.263 e. The van der Waals surface area contributed by atoms with E-state index in [9.17, 15) is 0 Å². The molecule has 0 saturated heterocycles. The average molecular weight is 203 g/mol. The number of rotatable bonds is 4. The third-order valence-electron chi connectivity index (χ3n) is 2.23. The number of hydrogen-bond donors (Lipinski definition) is 2. The smallest absolute Gasteiger partial charge is 0.263 e. The summed E-state index contributed by atoms with van der Waals surface area (Å²) in [5, 5.41) is 16.5. The number of tetrazole rings is 1. The summed E-state index contributed by atoms with van der Waals surface area (Å²) in [7, 11) is 0. The molecule has 0 saturated carbocycles. The molecule has 0 radical (unpaired) electrons. The van der Waals surface area contributed by atoms with Gasteiger partial charge in [-0.15, -0.1) is 5.10 Å². The van der Waals surface area contributed by atoms with Crippen LogP contribution in [0.3, 0.4) is 0 Å². The molecule has 1 aromatic heterocycles. The molecule has 5 nitrogen and oxygen atoms in total. The number of nitrogens with one attached hydrogen (secondary N) is 2. The Kier molecular flexibility index (Phi) is 2.92. The minimum atomic E-state index is 0.523. The van der Waals surface area contributed by atoms with Crippen LogP contribution in [-0.4, -0.2) is 20.6 Å². The van der Waals surface area contributed by atoms with Crippen LogP contribution in [0.4, 0.5) is 5.95 Å². The predicted octanol–water partition coefficient (Wildman–Crippen LogP) is 1.37. The summed E-state index contributed by atoms with van der Waals surface area (Å²) in [5.74, 6) is 0.523. The number of hydrogen-bond acceptors (Lipinski definition) is 4. The van der Waals surface area contributed by atoms with Gasteiger partial charge in [-0.05, 0) is 22.8 Å². The van der Waals surface area contributed by atoms with Crippen molar-refractivity contribution in [1.82, 2.24) is 20.6 Å². The van der Waals surface area contributed by atoms with Crippen LogP contribution < -0.4 is 5.32 Å². The van der Waals surface area contributed by atoms with Crippen molar-refractivity contribution in [3.8, 4) is 0 Å².